The fourth-order valence-electron chi connectivity index (χ4n) is 4.69. The summed E-state index contributed by atoms with van der Waals surface area (Å²) in [5.41, 5.74) is 6.39. The fraction of sp³-hybridized carbons (Fsp3) is 0.152. The van der Waals surface area contributed by atoms with Crippen molar-refractivity contribution in [2.75, 3.05) is 13.7 Å². The van der Waals surface area contributed by atoms with Crippen molar-refractivity contribution in [3.05, 3.63) is 131 Å². The first kappa shape index (κ1) is 25.9. The van der Waals surface area contributed by atoms with E-state index in [2.05, 4.69) is 53.3 Å². The molecule has 0 aliphatic rings. The minimum Gasteiger partial charge on any atom is -0.494 e. The number of hydrogen-bond donors (Lipinski definition) is 2. The van der Waals surface area contributed by atoms with Crippen molar-refractivity contribution in [3.63, 3.8) is 0 Å². The van der Waals surface area contributed by atoms with Gasteiger partial charge in [-0.25, -0.2) is 9.79 Å². The molecule has 2 N–H and O–H groups in total. The molecule has 5 rings (SSSR count). The highest BCUT2D eigenvalue weighted by Gasteiger charge is 2.20. The molecule has 0 aliphatic heterocycles. The Morgan fingerprint density at radius 1 is 0.846 bits per heavy atom. The summed E-state index contributed by atoms with van der Waals surface area (Å²) in [6.07, 6.45) is 0. The van der Waals surface area contributed by atoms with E-state index in [1.807, 2.05) is 54.6 Å². The number of carbonyl (C=O) groups is 1. The number of H-pyrrole nitrogens is 1. The lowest BCUT2D eigenvalue weighted by Crippen LogP contribution is -2.17. The summed E-state index contributed by atoms with van der Waals surface area (Å²) < 4.78 is 5.13. The first-order valence-electron chi connectivity index (χ1n) is 13.0. The molecule has 0 radical (unpaired) electrons. The van der Waals surface area contributed by atoms with E-state index in [1.165, 1.54) is 11.1 Å². The third-order valence-electron chi connectivity index (χ3n) is 6.50. The number of nitrogens with one attached hydrogen (secondary N) is 1. The molecule has 0 bridgehead atoms. The summed E-state index contributed by atoms with van der Waals surface area (Å²) in [6.45, 7) is 3.76. The van der Waals surface area contributed by atoms with E-state index in [0.29, 0.717) is 29.0 Å². The van der Waals surface area contributed by atoms with Crippen molar-refractivity contribution in [2.45, 2.75) is 20.0 Å². The number of nitrogens with zero attached hydrogens (tertiary/aromatic N) is 2. The van der Waals surface area contributed by atoms with Crippen LogP contribution in [0.1, 0.15) is 39.5 Å². The first-order valence-corrected chi connectivity index (χ1v) is 13.0. The number of rotatable bonds is 9. The molecular weight excluding hydrogens is 486 g/mol. The monoisotopic (exact) mass is 517 g/mol. The van der Waals surface area contributed by atoms with Gasteiger partial charge in [0.05, 0.1) is 29.1 Å². The van der Waals surface area contributed by atoms with Gasteiger partial charge in [0.15, 0.2) is 5.88 Å². The number of aromatic nitrogens is 1. The van der Waals surface area contributed by atoms with Gasteiger partial charge < -0.3 is 14.8 Å². The van der Waals surface area contributed by atoms with E-state index < -0.39 is 5.97 Å². The molecule has 1 heterocycles. The Labute approximate surface area is 228 Å². The van der Waals surface area contributed by atoms with Crippen LogP contribution in [0.2, 0.25) is 0 Å². The number of aromatic hydroxyl groups is 1. The maximum Gasteiger partial charge on any atom is 0.338 e. The zero-order valence-electron chi connectivity index (χ0n) is 22.1. The van der Waals surface area contributed by atoms with E-state index in [0.717, 1.165) is 29.7 Å². The Balaban J connectivity index is 1.46. The lowest BCUT2D eigenvalue weighted by molar-refractivity contribution is 0.0526. The Morgan fingerprint density at radius 2 is 1.49 bits per heavy atom. The molecule has 4 aromatic carbocycles. The van der Waals surface area contributed by atoms with Crippen LogP contribution in [0.4, 0.5) is 5.69 Å². The van der Waals surface area contributed by atoms with E-state index in [-0.39, 0.29) is 5.88 Å². The summed E-state index contributed by atoms with van der Waals surface area (Å²) in [5.74, 6) is -0.408. The van der Waals surface area contributed by atoms with Crippen molar-refractivity contribution in [2.24, 2.45) is 4.99 Å². The Bertz CT molecular complexity index is 1590. The van der Waals surface area contributed by atoms with Crippen LogP contribution >= 0.6 is 0 Å². The third-order valence-corrected chi connectivity index (χ3v) is 6.50. The molecule has 6 nitrogen and oxygen atoms in total. The normalized spacial score (nSPS) is 11.7. The van der Waals surface area contributed by atoms with Gasteiger partial charge in [0, 0.05) is 29.6 Å². The van der Waals surface area contributed by atoms with Gasteiger partial charge in [-0.05, 0) is 49.4 Å². The van der Waals surface area contributed by atoms with Crippen molar-refractivity contribution >= 4 is 28.3 Å². The van der Waals surface area contributed by atoms with Crippen LogP contribution in [0.25, 0.3) is 10.9 Å². The van der Waals surface area contributed by atoms with Crippen molar-refractivity contribution in [3.8, 4) is 5.88 Å². The zero-order valence-corrected chi connectivity index (χ0v) is 22.1. The second-order valence-corrected chi connectivity index (χ2v) is 9.48. The molecular formula is C33H31N3O3. The van der Waals surface area contributed by atoms with Crippen molar-refractivity contribution < 1.29 is 14.6 Å². The van der Waals surface area contributed by atoms with Gasteiger partial charge in [-0.2, -0.15) is 0 Å². The van der Waals surface area contributed by atoms with Crippen LogP contribution in [-0.2, 0) is 17.8 Å². The lowest BCUT2D eigenvalue weighted by atomic mass is 10.00. The summed E-state index contributed by atoms with van der Waals surface area (Å²) >= 11 is 0. The number of benzene rings is 4. The molecule has 6 heteroatoms. The Morgan fingerprint density at radius 3 is 2.15 bits per heavy atom. The fourth-order valence-corrected chi connectivity index (χ4v) is 4.69. The average Bonchev–Trinajstić information content (AvgIpc) is 3.28. The minimum atomic E-state index is -0.401. The molecule has 39 heavy (non-hydrogen) atoms. The SMILES string of the molecule is CCOC(=O)c1ccc2c(C(=Nc3ccc(CN(C)Cc4ccccc4)cc3)c3ccccc3)c(O)[nH]c2c1. The van der Waals surface area contributed by atoms with Crippen LogP contribution in [0.15, 0.2) is 108 Å². The molecule has 0 unspecified atom stereocenters. The molecule has 1 aromatic heterocycles. The largest absolute Gasteiger partial charge is 0.494 e. The summed E-state index contributed by atoms with van der Waals surface area (Å²) in [4.78, 5) is 22.5. The highest BCUT2D eigenvalue weighted by molar-refractivity contribution is 6.22. The number of fused-ring (bicyclic) bond motifs is 1. The molecule has 0 saturated heterocycles. The highest BCUT2D eigenvalue weighted by Crippen LogP contribution is 2.32. The van der Waals surface area contributed by atoms with E-state index in [1.54, 1.807) is 19.1 Å². The maximum absolute atomic E-state index is 12.2. The van der Waals surface area contributed by atoms with Crippen LogP contribution in [0.3, 0.4) is 0 Å². The van der Waals surface area contributed by atoms with Crippen molar-refractivity contribution in [1.82, 2.24) is 9.88 Å². The highest BCUT2D eigenvalue weighted by atomic mass is 16.5. The predicted molar refractivity (Wildman–Crippen MR) is 156 cm³/mol. The summed E-state index contributed by atoms with van der Waals surface area (Å²) in [6, 6.07) is 33.6. The second kappa shape index (κ2) is 11.8. The quantitative estimate of drug-likeness (QED) is 0.166. The Hall–Kier alpha value is -4.68. The molecule has 0 spiro atoms. The smallest absolute Gasteiger partial charge is 0.338 e. The number of carbonyl (C=O) groups excluding carboxylic acids is 1. The Kier molecular flexibility index (Phi) is 7.85. The number of hydrogen-bond acceptors (Lipinski definition) is 5. The van der Waals surface area contributed by atoms with E-state index in [4.69, 9.17) is 9.73 Å². The van der Waals surface area contributed by atoms with Crippen LogP contribution in [0, 0.1) is 0 Å². The van der Waals surface area contributed by atoms with E-state index in [9.17, 15) is 9.90 Å². The number of ether oxygens (including phenoxy) is 1. The number of aromatic amines is 1. The predicted octanol–water partition coefficient (Wildman–Crippen LogP) is 6.85. The second-order valence-electron chi connectivity index (χ2n) is 9.48. The van der Waals surface area contributed by atoms with Crippen LogP contribution < -0.4 is 0 Å². The average molecular weight is 518 g/mol. The molecule has 0 atom stereocenters. The van der Waals surface area contributed by atoms with Gasteiger partial charge in [-0.3, -0.25) is 4.90 Å². The molecule has 196 valence electrons. The number of aliphatic imine (C=N–C) groups is 1. The molecule has 0 saturated carbocycles. The van der Waals surface area contributed by atoms with Crippen LogP contribution in [0.5, 0.6) is 5.88 Å². The first-order chi connectivity index (χ1) is 19.0. The maximum atomic E-state index is 12.2. The molecule has 5 aromatic rings. The zero-order chi connectivity index (χ0) is 27.2. The van der Waals surface area contributed by atoms with Gasteiger partial charge in [0.1, 0.15) is 0 Å². The van der Waals surface area contributed by atoms with Gasteiger partial charge in [0.2, 0.25) is 0 Å². The van der Waals surface area contributed by atoms with Gasteiger partial charge >= 0.3 is 5.97 Å². The van der Waals surface area contributed by atoms with Gasteiger partial charge in [-0.15, -0.1) is 0 Å². The molecule has 0 aliphatic carbocycles. The number of esters is 1. The third kappa shape index (κ3) is 6.08. The molecule has 0 fully saturated rings. The lowest BCUT2D eigenvalue weighted by Gasteiger charge is -2.17. The summed E-state index contributed by atoms with van der Waals surface area (Å²) in [7, 11) is 2.11. The van der Waals surface area contributed by atoms with E-state index >= 15 is 0 Å². The minimum absolute atomic E-state index is 0.00670. The van der Waals surface area contributed by atoms with Crippen molar-refractivity contribution in [1.29, 1.82) is 0 Å². The van der Waals surface area contributed by atoms with Gasteiger partial charge in [0.25, 0.3) is 0 Å². The molecule has 0 amide bonds. The van der Waals surface area contributed by atoms with Gasteiger partial charge in [-0.1, -0.05) is 78.9 Å². The van der Waals surface area contributed by atoms with Crippen LogP contribution in [-0.4, -0.2) is 40.3 Å². The summed E-state index contributed by atoms with van der Waals surface area (Å²) in [5, 5.41) is 11.7. The topological polar surface area (TPSA) is 77.9 Å². The standard InChI is InChI=1S/C33H31N3O3/c1-3-39-33(38)26-16-19-28-29(20-26)35-32(37)30(28)31(25-12-8-5-9-13-25)34-27-17-14-24(15-18-27)22-36(2)21-23-10-6-4-7-11-23/h4-20,35,37H,3,21-22H2,1-2H3.